The van der Waals surface area contributed by atoms with E-state index in [0.29, 0.717) is 22.8 Å². The third-order valence-electron chi connectivity index (χ3n) is 12.5. The van der Waals surface area contributed by atoms with Crippen LogP contribution in [0, 0.1) is 24.5 Å². The summed E-state index contributed by atoms with van der Waals surface area (Å²) >= 11 is 0. The smallest absolute Gasteiger partial charge is 0.267 e. The molecule has 0 aliphatic heterocycles. The first-order chi connectivity index (χ1) is 23.3. The van der Waals surface area contributed by atoms with Crippen LogP contribution in [0.1, 0.15) is 128 Å². The van der Waals surface area contributed by atoms with Gasteiger partial charge in [0, 0.05) is 59.6 Å². The zero-order chi connectivity index (χ0) is 35.9. The summed E-state index contributed by atoms with van der Waals surface area (Å²) in [5.74, 6) is 0.301. The fraction of sp³-hybridized carbons (Fsp3) is 0.476. The molecule has 1 fully saturated rings. The molecule has 3 aliphatic rings. The van der Waals surface area contributed by atoms with Gasteiger partial charge in [-0.15, -0.1) is 24.3 Å². The number of hydrogen-bond acceptors (Lipinski definition) is 6. The van der Waals surface area contributed by atoms with Crippen LogP contribution >= 0.6 is 0 Å². The van der Waals surface area contributed by atoms with Crippen LogP contribution in [0.3, 0.4) is 0 Å². The van der Waals surface area contributed by atoms with Crippen LogP contribution < -0.4 is 11.1 Å². The molecule has 1 saturated carbocycles. The van der Waals surface area contributed by atoms with Gasteiger partial charge in [-0.05, 0) is 76.8 Å². The Kier molecular flexibility index (Phi) is 7.74. The molecule has 6 heterocycles. The molecule has 2 unspecified atom stereocenters. The fourth-order valence-corrected chi connectivity index (χ4v) is 9.87. The number of aromatic nitrogens is 6. The molecule has 0 aromatic carbocycles. The van der Waals surface area contributed by atoms with E-state index in [1.54, 1.807) is 12.3 Å². The summed E-state index contributed by atoms with van der Waals surface area (Å²) < 4.78 is 4.25. The predicted molar refractivity (Wildman–Crippen MR) is 198 cm³/mol. The van der Waals surface area contributed by atoms with Gasteiger partial charge in [-0.1, -0.05) is 92.3 Å². The normalized spacial score (nSPS) is 22.1. The van der Waals surface area contributed by atoms with Crippen LogP contribution in [0.25, 0.3) is 33.1 Å². The quantitative estimate of drug-likeness (QED) is 0.114. The van der Waals surface area contributed by atoms with Crippen LogP contribution in [0.2, 0.25) is 0 Å². The number of nitrogens with zero attached hydrogens (tertiary/aromatic N) is 6. The third kappa shape index (κ3) is 4.86. The maximum Gasteiger partial charge on any atom is 0.267 e. The van der Waals surface area contributed by atoms with Crippen LogP contribution in [0.5, 0.6) is 0 Å². The Labute approximate surface area is 312 Å². The molecule has 2 bridgehead atoms. The van der Waals surface area contributed by atoms with Gasteiger partial charge in [-0.2, -0.15) is 0 Å². The summed E-state index contributed by atoms with van der Waals surface area (Å²) in [6.07, 6.45) is 8.98. The monoisotopic (exact) mass is 859 g/mol. The predicted octanol–water partition coefficient (Wildman–Crippen LogP) is 7.82. The zero-order valence-corrected chi connectivity index (χ0v) is 33.9. The maximum absolute atomic E-state index is 13.1. The van der Waals surface area contributed by atoms with Gasteiger partial charge in [-0.25, -0.2) is 9.97 Å². The molecule has 8 nitrogen and oxygen atoms in total. The summed E-state index contributed by atoms with van der Waals surface area (Å²) in [6, 6.07) is 12.4. The largest absolute Gasteiger partial charge is 0.352 e. The zero-order valence-electron chi connectivity index (χ0n) is 31.5. The number of fused-ring (bicyclic) bond motifs is 15. The van der Waals surface area contributed by atoms with Crippen molar-refractivity contribution in [1.29, 1.82) is 0 Å². The van der Waals surface area contributed by atoms with Crippen LogP contribution in [-0.4, -0.2) is 28.7 Å². The summed E-state index contributed by atoms with van der Waals surface area (Å²) in [5.41, 5.74) is 9.13. The van der Waals surface area contributed by atoms with E-state index in [4.69, 9.17) is 4.98 Å². The number of rotatable bonds is 0. The van der Waals surface area contributed by atoms with E-state index in [-0.39, 0.29) is 58.3 Å². The van der Waals surface area contributed by atoms with E-state index < -0.39 is 0 Å². The van der Waals surface area contributed by atoms with E-state index in [2.05, 4.69) is 111 Å². The Morgan fingerprint density at radius 2 is 1.55 bits per heavy atom. The standard InChI is InChI=1S/C23H26N3O.C19H20N3O.Ir/c1-21(2,3)16-8-7-13-15(24-16)10-12-26-18-17(20(27)25-19(13)26)14-9-11-23(18,6)22(14,4)5;1-11-9-22-15-13(18(2,3)10-19(15,4)5)14-12(7-6-8-20-14)16(22)21-17(11)23;/h8,10,12,14H,9,11H2,1-6H3;6,8-9H,10H2,1-5H3;/q2*-1;. The summed E-state index contributed by atoms with van der Waals surface area (Å²) in [6.45, 7) is 24.2. The van der Waals surface area contributed by atoms with Crippen molar-refractivity contribution < 1.29 is 20.1 Å². The molecular weight excluding hydrogens is 813 g/mol. The van der Waals surface area contributed by atoms with Crippen molar-refractivity contribution in [3.8, 4) is 0 Å². The Morgan fingerprint density at radius 1 is 0.863 bits per heavy atom. The van der Waals surface area contributed by atoms with Gasteiger partial charge in [-0.3, -0.25) is 9.59 Å². The molecule has 6 aromatic rings. The first-order valence-corrected chi connectivity index (χ1v) is 17.8. The van der Waals surface area contributed by atoms with Crippen molar-refractivity contribution >= 4 is 33.1 Å². The van der Waals surface area contributed by atoms with Gasteiger partial charge >= 0.3 is 0 Å². The van der Waals surface area contributed by atoms with Crippen molar-refractivity contribution in [1.82, 2.24) is 28.7 Å². The summed E-state index contributed by atoms with van der Waals surface area (Å²) in [7, 11) is 0. The SMILES string of the molecule is CC(C)(C)c1c[c-]c2c(ccn3c4c(c(=O)nc23)C2CCC4(C)C2(C)C)n1.Cc1cn2c3c(c4ncc[c-]c4c2nc1=O)C(C)(C)CC3(C)C.[Ir]. The van der Waals surface area contributed by atoms with Crippen LogP contribution in [0.4, 0.5) is 0 Å². The topological polar surface area (TPSA) is 94.5 Å². The minimum atomic E-state index is -0.182. The average molecular weight is 859 g/mol. The Bertz CT molecular complexity index is 2570. The molecule has 1 radical (unpaired) electrons. The van der Waals surface area contributed by atoms with Gasteiger partial charge in [0.1, 0.15) is 0 Å². The summed E-state index contributed by atoms with van der Waals surface area (Å²) in [5, 5.41) is 1.66. The van der Waals surface area contributed by atoms with E-state index in [0.717, 1.165) is 58.0 Å². The average Bonchev–Trinajstić information content (AvgIpc) is 3.47. The number of pyridine rings is 4. The molecule has 0 spiro atoms. The van der Waals surface area contributed by atoms with Gasteiger partial charge in [0.25, 0.3) is 11.1 Å². The van der Waals surface area contributed by atoms with E-state index in [1.807, 2.05) is 25.3 Å². The van der Waals surface area contributed by atoms with Crippen LogP contribution in [-0.2, 0) is 41.8 Å². The van der Waals surface area contributed by atoms with Gasteiger partial charge < -0.3 is 18.8 Å². The van der Waals surface area contributed by atoms with Gasteiger partial charge in [0.05, 0.1) is 11.3 Å². The van der Waals surface area contributed by atoms with Crippen LogP contribution in [0.15, 0.2) is 46.4 Å². The minimum Gasteiger partial charge on any atom is -0.352 e. The number of hydrogen-bond donors (Lipinski definition) is 0. The Morgan fingerprint density at radius 3 is 2.25 bits per heavy atom. The molecular formula is C42H46IrN6O2-2. The second-order valence-corrected chi connectivity index (χ2v) is 18.0. The molecule has 9 heteroatoms. The first kappa shape index (κ1) is 35.6. The minimum absolute atomic E-state index is 0. The van der Waals surface area contributed by atoms with Crippen molar-refractivity contribution in [3.63, 3.8) is 0 Å². The molecule has 267 valence electrons. The molecule has 6 aromatic heterocycles. The van der Waals surface area contributed by atoms with Crippen molar-refractivity contribution in [3.05, 3.63) is 103 Å². The maximum atomic E-state index is 13.1. The van der Waals surface area contributed by atoms with E-state index >= 15 is 0 Å². The second-order valence-electron chi connectivity index (χ2n) is 18.0. The van der Waals surface area contributed by atoms with E-state index in [9.17, 15) is 9.59 Å². The molecule has 0 amide bonds. The second kappa shape index (κ2) is 11.1. The third-order valence-corrected chi connectivity index (χ3v) is 12.5. The van der Waals surface area contributed by atoms with Gasteiger partial charge in [0.2, 0.25) is 0 Å². The Balaban J connectivity index is 0.000000158. The van der Waals surface area contributed by atoms with Crippen molar-refractivity contribution in [2.75, 3.05) is 0 Å². The molecule has 0 N–H and O–H groups in total. The van der Waals surface area contributed by atoms with E-state index in [1.165, 1.54) is 11.3 Å². The van der Waals surface area contributed by atoms with Crippen molar-refractivity contribution in [2.24, 2.45) is 5.41 Å². The fourth-order valence-electron chi connectivity index (χ4n) is 9.87. The number of aryl methyl sites for hydroxylation is 1. The Hall–Kier alpha value is -3.81. The van der Waals surface area contributed by atoms with Gasteiger partial charge in [0.15, 0.2) is 0 Å². The van der Waals surface area contributed by atoms with Crippen molar-refractivity contribution in [2.45, 2.75) is 123 Å². The molecule has 2 atom stereocenters. The molecule has 3 aliphatic carbocycles. The summed E-state index contributed by atoms with van der Waals surface area (Å²) in [4.78, 5) is 43.5. The molecule has 0 saturated heterocycles. The molecule has 51 heavy (non-hydrogen) atoms. The first-order valence-electron chi connectivity index (χ1n) is 17.8. The molecule has 9 rings (SSSR count).